The third-order valence-electron chi connectivity index (χ3n) is 6.41. The fourth-order valence-electron chi connectivity index (χ4n) is 4.79. The number of pyridine rings is 2. The second-order valence-corrected chi connectivity index (χ2v) is 8.56. The number of nitrogens with zero attached hydrogens (tertiary/aromatic N) is 6. The van der Waals surface area contributed by atoms with Crippen molar-refractivity contribution in [2.75, 3.05) is 6.54 Å². The van der Waals surface area contributed by atoms with Crippen LogP contribution in [0.4, 0.5) is 0 Å². The van der Waals surface area contributed by atoms with Crippen LogP contribution < -0.4 is 0 Å². The molecular weight excluding hydrogens is 424 g/mol. The third kappa shape index (κ3) is 3.65. The van der Waals surface area contributed by atoms with Gasteiger partial charge >= 0.3 is 0 Å². The number of imidazole rings is 1. The Labute approximate surface area is 197 Å². The summed E-state index contributed by atoms with van der Waals surface area (Å²) in [6.07, 6.45) is 9.50. The first-order chi connectivity index (χ1) is 16.8. The number of amides is 1. The molecule has 1 aliphatic heterocycles. The lowest BCUT2D eigenvalue weighted by molar-refractivity contribution is 0.0717. The van der Waals surface area contributed by atoms with Gasteiger partial charge in [-0.05, 0) is 37.1 Å². The smallest absolute Gasteiger partial charge is 0.275 e. The first-order valence-corrected chi connectivity index (χ1v) is 11.6. The third-order valence-corrected chi connectivity index (χ3v) is 6.41. The number of fused-ring (bicyclic) bond motifs is 1. The molecule has 1 saturated heterocycles. The summed E-state index contributed by atoms with van der Waals surface area (Å²) < 4.78 is 3.92. The minimum absolute atomic E-state index is 0.0258. The average Bonchev–Trinajstić information content (AvgIpc) is 3.63. The van der Waals surface area contributed by atoms with Crippen molar-refractivity contribution in [2.24, 2.45) is 0 Å². The Kier molecular flexibility index (Phi) is 5.14. The van der Waals surface area contributed by atoms with Crippen LogP contribution in [0.25, 0.3) is 28.2 Å². The van der Waals surface area contributed by atoms with Crippen molar-refractivity contribution in [2.45, 2.75) is 25.4 Å². The molecule has 1 aromatic carbocycles. The molecule has 0 N–H and O–H groups in total. The van der Waals surface area contributed by atoms with Gasteiger partial charge in [-0.15, -0.1) is 0 Å². The van der Waals surface area contributed by atoms with Crippen molar-refractivity contribution in [3.8, 4) is 22.5 Å². The molecule has 0 bridgehead atoms. The number of likely N-dealkylation sites (tertiary alicyclic amines) is 1. The van der Waals surface area contributed by atoms with Crippen LogP contribution in [0.2, 0.25) is 0 Å². The molecule has 0 aliphatic carbocycles. The van der Waals surface area contributed by atoms with Gasteiger partial charge in [-0.25, -0.2) is 4.98 Å². The van der Waals surface area contributed by atoms with E-state index >= 15 is 0 Å². The summed E-state index contributed by atoms with van der Waals surface area (Å²) in [5.41, 5.74) is 4.95. The zero-order chi connectivity index (χ0) is 22.9. The molecule has 7 heteroatoms. The van der Waals surface area contributed by atoms with E-state index in [0.717, 1.165) is 47.5 Å². The van der Waals surface area contributed by atoms with Crippen LogP contribution in [0.3, 0.4) is 0 Å². The number of benzene rings is 1. The maximum Gasteiger partial charge on any atom is 0.275 e. The minimum Gasteiger partial charge on any atom is -0.332 e. The minimum atomic E-state index is -0.0258. The van der Waals surface area contributed by atoms with Crippen molar-refractivity contribution in [3.05, 3.63) is 97.2 Å². The fourth-order valence-corrected chi connectivity index (χ4v) is 4.79. The van der Waals surface area contributed by atoms with Crippen molar-refractivity contribution >= 4 is 11.6 Å². The highest BCUT2D eigenvalue weighted by Gasteiger charge is 2.33. The number of aromatic nitrogens is 5. The molecule has 1 aliphatic rings. The van der Waals surface area contributed by atoms with Crippen LogP contribution in [0.1, 0.15) is 23.3 Å². The highest BCUT2D eigenvalue weighted by Crippen LogP contribution is 2.29. The predicted octanol–water partition coefficient (Wildman–Crippen LogP) is 4.56. The molecule has 1 fully saturated rings. The topological polar surface area (TPSA) is 68.3 Å². The number of carbonyl (C=O) groups excluding carboxylic acids is 1. The second-order valence-electron chi connectivity index (χ2n) is 8.56. The predicted molar refractivity (Wildman–Crippen MR) is 130 cm³/mol. The zero-order valence-corrected chi connectivity index (χ0v) is 18.7. The van der Waals surface area contributed by atoms with Crippen molar-refractivity contribution in [1.82, 2.24) is 29.0 Å². The summed E-state index contributed by atoms with van der Waals surface area (Å²) in [7, 11) is 0. The van der Waals surface area contributed by atoms with Crippen molar-refractivity contribution < 1.29 is 4.79 Å². The van der Waals surface area contributed by atoms with Crippen LogP contribution in [-0.2, 0) is 6.54 Å². The quantitative estimate of drug-likeness (QED) is 0.395. The molecule has 4 aromatic heterocycles. The number of rotatable bonds is 5. The molecule has 0 radical (unpaired) electrons. The SMILES string of the molecule is O=C(c1nc2ccccn2c1-c1ccccc1)N1CCC[C@H]1Cn1cc(-c2ccccn2)cn1. The molecular formula is C27H24N6O. The Hall–Kier alpha value is -4.26. The van der Waals surface area contributed by atoms with E-state index in [-0.39, 0.29) is 11.9 Å². The van der Waals surface area contributed by atoms with Gasteiger partial charge in [0.25, 0.3) is 5.91 Å². The Morgan fingerprint density at radius 3 is 2.68 bits per heavy atom. The van der Waals surface area contributed by atoms with Gasteiger partial charge in [0.05, 0.1) is 30.2 Å². The van der Waals surface area contributed by atoms with Crippen LogP contribution in [0.15, 0.2) is 91.5 Å². The average molecular weight is 449 g/mol. The number of hydrogen-bond donors (Lipinski definition) is 0. The molecule has 1 amide bonds. The molecule has 1 atom stereocenters. The van der Waals surface area contributed by atoms with E-state index in [1.54, 1.807) is 6.20 Å². The molecule has 168 valence electrons. The van der Waals surface area contributed by atoms with Crippen LogP contribution in [0.5, 0.6) is 0 Å². The van der Waals surface area contributed by atoms with Crippen molar-refractivity contribution in [3.63, 3.8) is 0 Å². The molecule has 0 spiro atoms. The maximum absolute atomic E-state index is 13.8. The summed E-state index contributed by atoms with van der Waals surface area (Å²) in [6, 6.07) is 21.8. The van der Waals surface area contributed by atoms with E-state index in [1.807, 2.05) is 99.3 Å². The summed E-state index contributed by atoms with van der Waals surface area (Å²) in [6.45, 7) is 1.37. The largest absolute Gasteiger partial charge is 0.332 e. The van der Waals surface area contributed by atoms with Gasteiger partial charge in [0.1, 0.15) is 5.65 Å². The Morgan fingerprint density at radius 1 is 0.971 bits per heavy atom. The molecule has 7 nitrogen and oxygen atoms in total. The molecule has 5 heterocycles. The first kappa shape index (κ1) is 20.4. The van der Waals surface area contributed by atoms with Gasteiger partial charge in [0.2, 0.25) is 0 Å². The normalized spacial score (nSPS) is 15.8. The molecule has 0 unspecified atom stereocenters. The standard InChI is InChI=1S/C27H24N6O/c34-27(25-26(20-9-2-1-3-10-20)33-15-7-5-13-24(33)30-25)32-16-8-11-22(32)19-31-18-21(17-29-31)23-12-4-6-14-28-23/h1-7,9-10,12-15,17-18,22H,8,11,16,19H2/t22-/m0/s1. The van der Waals surface area contributed by atoms with E-state index in [4.69, 9.17) is 4.98 Å². The fraction of sp³-hybridized carbons (Fsp3) is 0.185. The van der Waals surface area contributed by atoms with Gasteiger partial charge in [0.15, 0.2) is 5.69 Å². The van der Waals surface area contributed by atoms with Gasteiger partial charge in [0, 0.05) is 36.3 Å². The van der Waals surface area contributed by atoms with E-state index in [2.05, 4.69) is 10.1 Å². The summed E-state index contributed by atoms with van der Waals surface area (Å²) >= 11 is 0. The maximum atomic E-state index is 13.8. The molecule has 6 rings (SSSR count). The molecule has 0 saturated carbocycles. The lowest BCUT2D eigenvalue weighted by Gasteiger charge is -2.24. The number of hydrogen-bond acceptors (Lipinski definition) is 4. The van der Waals surface area contributed by atoms with Crippen molar-refractivity contribution in [1.29, 1.82) is 0 Å². The second kappa shape index (κ2) is 8.59. The van der Waals surface area contributed by atoms with E-state index in [1.165, 1.54) is 0 Å². The van der Waals surface area contributed by atoms with Crippen LogP contribution in [0, 0.1) is 0 Å². The lowest BCUT2D eigenvalue weighted by Crippen LogP contribution is -2.38. The lowest BCUT2D eigenvalue weighted by atomic mass is 10.1. The van der Waals surface area contributed by atoms with Crippen LogP contribution >= 0.6 is 0 Å². The Morgan fingerprint density at radius 2 is 1.82 bits per heavy atom. The Balaban J connectivity index is 1.31. The van der Waals surface area contributed by atoms with E-state index < -0.39 is 0 Å². The van der Waals surface area contributed by atoms with Gasteiger partial charge in [-0.3, -0.25) is 18.9 Å². The highest BCUT2D eigenvalue weighted by atomic mass is 16.2. The van der Waals surface area contributed by atoms with Gasteiger partial charge in [-0.2, -0.15) is 5.10 Å². The van der Waals surface area contributed by atoms with Gasteiger partial charge in [-0.1, -0.05) is 42.5 Å². The van der Waals surface area contributed by atoms with Crippen LogP contribution in [-0.4, -0.2) is 47.5 Å². The van der Waals surface area contributed by atoms with E-state index in [9.17, 15) is 4.79 Å². The zero-order valence-electron chi connectivity index (χ0n) is 18.7. The summed E-state index contributed by atoms with van der Waals surface area (Å²) in [5.74, 6) is -0.0258. The summed E-state index contributed by atoms with van der Waals surface area (Å²) in [5, 5.41) is 4.54. The molecule has 34 heavy (non-hydrogen) atoms. The van der Waals surface area contributed by atoms with E-state index in [0.29, 0.717) is 12.2 Å². The number of carbonyl (C=O) groups is 1. The highest BCUT2D eigenvalue weighted by molar-refractivity contribution is 5.99. The Bertz CT molecular complexity index is 1440. The molecule has 5 aromatic rings. The first-order valence-electron chi connectivity index (χ1n) is 11.6. The van der Waals surface area contributed by atoms with Gasteiger partial charge < -0.3 is 4.90 Å². The summed E-state index contributed by atoms with van der Waals surface area (Å²) in [4.78, 5) is 25.0. The monoisotopic (exact) mass is 448 g/mol.